The molecule has 0 aliphatic carbocycles. The fourth-order valence-corrected chi connectivity index (χ4v) is 2.61. The highest BCUT2D eigenvalue weighted by Crippen LogP contribution is 2.40. The Morgan fingerprint density at radius 1 is 1.37 bits per heavy atom. The van der Waals surface area contributed by atoms with Crippen LogP contribution in [0.3, 0.4) is 0 Å². The summed E-state index contributed by atoms with van der Waals surface area (Å²) in [7, 11) is 5.01. The number of nitrogens with zero attached hydrogens (tertiary/aromatic N) is 1. The van der Waals surface area contributed by atoms with Crippen LogP contribution in [-0.2, 0) is 18.9 Å². The largest absolute Gasteiger partial charge is 0.382 e. The molecule has 4 atom stereocenters. The minimum Gasteiger partial charge on any atom is -0.382 e. The van der Waals surface area contributed by atoms with Gasteiger partial charge in [0.2, 0.25) is 0 Å². The van der Waals surface area contributed by atoms with Gasteiger partial charge in [-0.3, -0.25) is 4.85 Å². The van der Waals surface area contributed by atoms with Crippen molar-refractivity contribution in [3.8, 4) is 0 Å². The van der Waals surface area contributed by atoms with E-state index in [0.29, 0.717) is 19.4 Å². The molecule has 0 aromatic heterocycles. The van der Waals surface area contributed by atoms with Crippen molar-refractivity contribution in [2.45, 2.75) is 51.2 Å². The summed E-state index contributed by atoms with van der Waals surface area (Å²) >= 11 is 0. The highest BCUT2D eigenvalue weighted by molar-refractivity contribution is 4.96. The molecule has 0 saturated carbocycles. The number of ether oxygens (including phenoxy) is 4. The first-order valence-electron chi connectivity index (χ1n) is 6.56. The van der Waals surface area contributed by atoms with E-state index >= 15 is 0 Å². The lowest BCUT2D eigenvalue weighted by Gasteiger charge is -2.44. The van der Waals surface area contributed by atoms with Gasteiger partial charge in [-0.2, -0.15) is 0 Å². The lowest BCUT2D eigenvalue weighted by Crippen LogP contribution is -2.51. The Kier molecular flexibility index (Phi) is 6.21. The molecule has 0 unspecified atom stereocenters. The molecule has 0 N–H and O–H groups in total. The van der Waals surface area contributed by atoms with Crippen molar-refractivity contribution < 1.29 is 18.9 Å². The van der Waals surface area contributed by atoms with Crippen LogP contribution in [0.4, 0.5) is 0 Å². The van der Waals surface area contributed by atoms with E-state index in [-0.39, 0.29) is 23.7 Å². The first-order chi connectivity index (χ1) is 8.99. The molecule has 110 valence electrons. The third-order valence-corrected chi connectivity index (χ3v) is 3.99. The van der Waals surface area contributed by atoms with Gasteiger partial charge in [-0.1, -0.05) is 13.8 Å². The average molecular weight is 271 g/mol. The van der Waals surface area contributed by atoms with Crippen molar-refractivity contribution in [1.29, 1.82) is 0 Å². The Hall–Kier alpha value is -0.670. The quantitative estimate of drug-likeness (QED) is 0.694. The predicted octanol–water partition coefficient (Wildman–Crippen LogP) is 2.11. The van der Waals surface area contributed by atoms with Gasteiger partial charge in [0.25, 0.3) is 0 Å². The Balaban J connectivity index is 2.79. The molecule has 0 aromatic carbocycles. The third kappa shape index (κ3) is 3.90. The molecule has 5 nitrogen and oxygen atoms in total. The zero-order valence-corrected chi connectivity index (χ0v) is 12.5. The summed E-state index contributed by atoms with van der Waals surface area (Å²) in [5.74, 6) is 0. The molecule has 0 bridgehead atoms. The molecule has 1 rings (SSSR count). The summed E-state index contributed by atoms with van der Waals surface area (Å²) in [6.07, 6.45) is 0.796. The number of hydrogen-bond donors (Lipinski definition) is 0. The SMILES string of the molecule is [C-]#[N+][C@@H]1C[C@@H](OC)C(C)(C)[C@@H](C[C@@H](COC)OC)O1. The van der Waals surface area contributed by atoms with Crippen LogP contribution in [0.2, 0.25) is 0 Å². The Morgan fingerprint density at radius 2 is 2.05 bits per heavy atom. The zero-order chi connectivity index (χ0) is 14.5. The zero-order valence-electron chi connectivity index (χ0n) is 12.5. The standard InChI is InChI=1S/C14H25NO4/c1-14(2)11(18-6)8-13(15-3)19-12(14)7-10(17-5)9-16-4/h10-13H,7-9H2,1-2,4-6H3/t10-,11+,12+,13-/m0/s1. The third-order valence-electron chi connectivity index (χ3n) is 3.99. The fourth-order valence-electron chi connectivity index (χ4n) is 2.61. The van der Waals surface area contributed by atoms with Crippen LogP contribution in [-0.4, -0.2) is 52.5 Å². The van der Waals surface area contributed by atoms with E-state index in [2.05, 4.69) is 18.7 Å². The van der Waals surface area contributed by atoms with Crippen LogP contribution in [0.5, 0.6) is 0 Å². The first kappa shape index (κ1) is 16.4. The lowest BCUT2D eigenvalue weighted by molar-refractivity contribution is -0.182. The van der Waals surface area contributed by atoms with Gasteiger partial charge in [0.1, 0.15) is 0 Å². The normalized spacial score (nSPS) is 31.7. The van der Waals surface area contributed by atoms with Gasteiger partial charge in [0.05, 0.1) is 31.3 Å². The first-order valence-corrected chi connectivity index (χ1v) is 6.56. The molecule has 1 aliphatic heterocycles. The molecule has 5 heteroatoms. The van der Waals surface area contributed by atoms with Crippen LogP contribution >= 0.6 is 0 Å². The van der Waals surface area contributed by atoms with Crippen molar-refractivity contribution in [3.05, 3.63) is 11.4 Å². The van der Waals surface area contributed by atoms with Crippen molar-refractivity contribution in [1.82, 2.24) is 0 Å². The topological polar surface area (TPSA) is 41.3 Å². The van der Waals surface area contributed by atoms with E-state index in [0.717, 1.165) is 0 Å². The molecule has 1 saturated heterocycles. The monoisotopic (exact) mass is 271 g/mol. The summed E-state index contributed by atoms with van der Waals surface area (Å²) in [5.41, 5.74) is -0.152. The molecule has 0 radical (unpaired) electrons. The van der Waals surface area contributed by atoms with Crippen LogP contribution in [0.1, 0.15) is 26.7 Å². The molecular formula is C14H25NO4. The van der Waals surface area contributed by atoms with E-state index in [9.17, 15) is 0 Å². The highest BCUT2D eigenvalue weighted by Gasteiger charge is 2.48. The van der Waals surface area contributed by atoms with Crippen LogP contribution in [0.15, 0.2) is 0 Å². The van der Waals surface area contributed by atoms with Crippen LogP contribution in [0.25, 0.3) is 4.85 Å². The second-order valence-corrected chi connectivity index (χ2v) is 5.54. The molecule has 0 aromatic rings. The van der Waals surface area contributed by atoms with Gasteiger partial charge in [-0.25, -0.2) is 6.57 Å². The van der Waals surface area contributed by atoms with Gasteiger partial charge in [0, 0.05) is 33.2 Å². The van der Waals surface area contributed by atoms with Crippen molar-refractivity contribution in [2.24, 2.45) is 5.41 Å². The molecule has 0 amide bonds. The predicted molar refractivity (Wildman–Crippen MR) is 71.7 cm³/mol. The minimum atomic E-state index is -0.428. The van der Waals surface area contributed by atoms with E-state index in [1.165, 1.54) is 0 Å². The second kappa shape index (κ2) is 7.20. The molecular weight excluding hydrogens is 246 g/mol. The maximum atomic E-state index is 7.18. The molecule has 1 fully saturated rings. The Morgan fingerprint density at radius 3 is 2.53 bits per heavy atom. The molecule has 1 aliphatic rings. The van der Waals surface area contributed by atoms with Gasteiger partial charge in [-0.05, 0) is 0 Å². The summed E-state index contributed by atoms with van der Waals surface area (Å²) in [6.45, 7) is 11.9. The summed E-state index contributed by atoms with van der Waals surface area (Å²) in [5, 5.41) is 0. The average Bonchev–Trinajstić information content (AvgIpc) is 2.39. The van der Waals surface area contributed by atoms with Gasteiger partial charge in [-0.15, -0.1) is 0 Å². The maximum Gasteiger partial charge on any atom is 0.330 e. The highest BCUT2D eigenvalue weighted by atomic mass is 16.5. The Bertz CT molecular complexity index is 313. The number of rotatable bonds is 6. The van der Waals surface area contributed by atoms with E-state index in [1.54, 1.807) is 21.3 Å². The van der Waals surface area contributed by atoms with Crippen molar-refractivity contribution >= 4 is 0 Å². The summed E-state index contributed by atoms with van der Waals surface area (Å²) in [6, 6.07) is 0. The van der Waals surface area contributed by atoms with Crippen LogP contribution in [0, 0.1) is 12.0 Å². The number of methoxy groups -OCH3 is 3. The second-order valence-electron chi connectivity index (χ2n) is 5.54. The van der Waals surface area contributed by atoms with Gasteiger partial charge < -0.3 is 18.9 Å². The smallest absolute Gasteiger partial charge is 0.330 e. The molecule has 1 heterocycles. The van der Waals surface area contributed by atoms with Crippen LogP contribution < -0.4 is 0 Å². The molecule has 0 spiro atoms. The maximum absolute atomic E-state index is 7.18. The summed E-state index contributed by atoms with van der Waals surface area (Å²) < 4.78 is 22.0. The van der Waals surface area contributed by atoms with E-state index < -0.39 is 6.23 Å². The van der Waals surface area contributed by atoms with Gasteiger partial charge in [0.15, 0.2) is 0 Å². The van der Waals surface area contributed by atoms with E-state index in [1.807, 2.05) is 0 Å². The van der Waals surface area contributed by atoms with E-state index in [4.69, 9.17) is 25.5 Å². The number of hydrogen-bond acceptors (Lipinski definition) is 4. The minimum absolute atomic E-state index is 0.0189. The fraction of sp³-hybridized carbons (Fsp3) is 0.929. The van der Waals surface area contributed by atoms with Crippen molar-refractivity contribution in [3.63, 3.8) is 0 Å². The Labute approximate surface area is 116 Å². The lowest BCUT2D eigenvalue weighted by atomic mass is 9.75. The summed E-state index contributed by atoms with van der Waals surface area (Å²) in [4.78, 5) is 3.52. The molecule has 19 heavy (non-hydrogen) atoms. The van der Waals surface area contributed by atoms with Crippen molar-refractivity contribution in [2.75, 3.05) is 27.9 Å². The van der Waals surface area contributed by atoms with Gasteiger partial charge >= 0.3 is 6.23 Å².